The molecular formula is C12H12ClNO. The molecule has 1 saturated carbocycles. The van der Waals surface area contributed by atoms with Gasteiger partial charge in [-0.15, -0.1) is 0 Å². The second-order valence-electron chi connectivity index (χ2n) is 4.17. The van der Waals surface area contributed by atoms with Crippen LogP contribution in [-0.4, -0.2) is 5.11 Å². The standard InChI is InChI=1S/C12H12ClNO/c1-8-5-9(15)6-10(11(8)13)12(7-14)3-2-4-12/h5-6,15H,2-4H2,1H3. The Kier molecular flexibility index (Phi) is 2.36. The number of nitrogens with zero attached hydrogens (tertiary/aromatic N) is 1. The summed E-state index contributed by atoms with van der Waals surface area (Å²) in [5.74, 6) is 0.188. The number of benzene rings is 1. The molecule has 1 aromatic rings. The summed E-state index contributed by atoms with van der Waals surface area (Å²) in [6, 6.07) is 5.57. The lowest BCUT2D eigenvalue weighted by Gasteiger charge is -2.36. The van der Waals surface area contributed by atoms with Crippen molar-refractivity contribution in [3.63, 3.8) is 0 Å². The van der Waals surface area contributed by atoms with E-state index in [0.29, 0.717) is 5.02 Å². The van der Waals surface area contributed by atoms with Gasteiger partial charge in [0.15, 0.2) is 0 Å². The van der Waals surface area contributed by atoms with Crippen LogP contribution < -0.4 is 0 Å². The molecule has 0 unspecified atom stereocenters. The molecule has 0 aromatic heterocycles. The van der Waals surface area contributed by atoms with Crippen molar-refractivity contribution >= 4 is 11.6 Å². The van der Waals surface area contributed by atoms with Crippen LogP contribution >= 0.6 is 11.6 Å². The van der Waals surface area contributed by atoms with Gasteiger partial charge in [-0.2, -0.15) is 5.26 Å². The highest BCUT2D eigenvalue weighted by atomic mass is 35.5. The van der Waals surface area contributed by atoms with Gasteiger partial charge in [-0.05, 0) is 49.4 Å². The van der Waals surface area contributed by atoms with Crippen molar-refractivity contribution in [2.75, 3.05) is 0 Å². The third-order valence-corrected chi connectivity index (χ3v) is 3.68. The molecule has 0 atom stereocenters. The molecule has 0 aliphatic heterocycles. The van der Waals surface area contributed by atoms with Crippen LogP contribution in [0.25, 0.3) is 0 Å². The van der Waals surface area contributed by atoms with Crippen molar-refractivity contribution in [1.29, 1.82) is 5.26 Å². The smallest absolute Gasteiger partial charge is 0.116 e. The van der Waals surface area contributed by atoms with Gasteiger partial charge in [0, 0.05) is 5.02 Å². The van der Waals surface area contributed by atoms with Gasteiger partial charge in [0.1, 0.15) is 5.75 Å². The van der Waals surface area contributed by atoms with Crippen molar-refractivity contribution in [1.82, 2.24) is 0 Å². The maximum atomic E-state index is 9.53. The topological polar surface area (TPSA) is 44.0 Å². The molecule has 0 amide bonds. The molecule has 15 heavy (non-hydrogen) atoms. The van der Waals surface area contributed by atoms with Crippen LogP contribution in [-0.2, 0) is 5.41 Å². The van der Waals surface area contributed by atoms with E-state index < -0.39 is 5.41 Å². The highest BCUT2D eigenvalue weighted by molar-refractivity contribution is 6.32. The van der Waals surface area contributed by atoms with Crippen molar-refractivity contribution in [2.24, 2.45) is 0 Å². The van der Waals surface area contributed by atoms with Crippen molar-refractivity contribution < 1.29 is 5.11 Å². The fraction of sp³-hybridized carbons (Fsp3) is 0.417. The lowest BCUT2D eigenvalue weighted by molar-refractivity contribution is 0.322. The summed E-state index contributed by atoms with van der Waals surface area (Å²) in [7, 11) is 0. The van der Waals surface area contributed by atoms with Crippen molar-refractivity contribution in [3.8, 4) is 11.8 Å². The number of phenols is 1. The van der Waals surface area contributed by atoms with Crippen LogP contribution in [0, 0.1) is 18.3 Å². The average Bonchev–Trinajstić information content (AvgIpc) is 2.12. The molecule has 0 radical (unpaired) electrons. The Hall–Kier alpha value is -1.20. The van der Waals surface area contributed by atoms with Crippen LogP contribution in [0.1, 0.15) is 30.4 Å². The van der Waals surface area contributed by atoms with Crippen molar-refractivity contribution in [2.45, 2.75) is 31.6 Å². The molecular weight excluding hydrogens is 210 g/mol. The van der Waals surface area contributed by atoms with Gasteiger partial charge in [0.2, 0.25) is 0 Å². The third-order valence-electron chi connectivity index (χ3n) is 3.18. The second kappa shape index (κ2) is 3.43. The fourth-order valence-electron chi connectivity index (χ4n) is 2.07. The molecule has 2 rings (SSSR count). The van der Waals surface area contributed by atoms with Gasteiger partial charge in [-0.25, -0.2) is 0 Å². The third kappa shape index (κ3) is 1.48. The molecule has 1 aliphatic carbocycles. The van der Waals surface area contributed by atoms with Gasteiger partial charge in [-0.3, -0.25) is 0 Å². The van der Waals surface area contributed by atoms with Crippen LogP contribution in [0.3, 0.4) is 0 Å². The summed E-state index contributed by atoms with van der Waals surface area (Å²) in [6.45, 7) is 1.84. The quantitative estimate of drug-likeness (QED) is 0.791. The van der Waals surface area contributed by atoms with Crippen LogP contribution in [0.4, 0.5) is 0 Å². The van der Waals surface area contributed by atoms with Crippen LogP contribution in [0.15, 0.2) is 12.1 Å². The van der Waals surface area contributed by atoms with E-state index in [4.69, 9.17) is 11.6 Å². The summed E-state index contributed by atoms with van der Waals surface area (Å²) in [5, 5.41) is 19.4. The van der Waals surface area contributed by atoms with Crippen LogP contribution in [0.5, 0.6) is 5.75 Å². The lowest BCUT2D eigenvalue weighted by Crippen LogP contribution is -2.32. The number of hydrogen-bond donors (Lipinski definition) is 1. The van der Waals surface area contributed by atoms with Gasteiger partial charge in [0.05, 0.1) is 11.5 Å². The largest absolute Gasteiger partial charge is 0.508 e. The normalized spacial score (nSPS) is 17.9. The minimum atomic E-state index is -0.458. The van der Waals surface area contributed by atoms with E-state index in [-0.39, 0.29) is 5.75 Å². The van der Waals surface area contributed by atoms with Gasteiger partial charge < -0.3 is 5.11 Å². The first kappa shape index (κ1) is 10.3. The van der Waals surface area contributed by atoms with Gasteiger partial charge >= 0.3 is 0 Å². The van der Waals surface area contributed by atoms with Gasteiger partial charge in [-0.1, -0.05) is 11.6 Å². The average molecular weight is 222 g/mol. The summed E-state index contributed by atoms with van der Waals surface area (Å²) in [6.07, 6.45) is 2.73. The fourth-order valence-corrected chi connectivity index (χ4v) is 2.36. The van der Waals surface area contributed by atoms with E-state index >= 15 is 0 Å². The molecule has 0 heterocycles. The predicted octanol–water partition coefficient (Wildman–Crippen LogP) is 3.30. The number of aryl methyl sites for hydroxylation is 1. The van der Waals surface area contributed by atoms with E-state index in [1.165, 1.54) is 0 Å². The van der Waals surface area contributed by atoms with E-state index in [1.54, 1.807) is 12.1 Å². The molecule has 1 fully saturated rings. The zero-order valence-corrected chi connectivity index (χ0v) is 9.30. The maximum Gasteiger partial charge on any atom is 0.116 e. The number of halogens is 1. The zero-order chi connectivity index (χ0) is 11.1. The first-order valence-corrected chi connectivity index (χ1v) is 5.38. The number of hydrogen-bond acceptors (Lipinski definition) is 2. The molecule has 1 aromatic carbocycles. The number of rotatable bonds is 1. The number of aromatic hydroxyl groups is 1. The predicted molar refractivity (Wildman–Crippen MR) is 59.0 cm³/mol. The molecule has 78 valence electrons. The summed E-state index contributed by atoms with van der Waals surface area (Å²) in [4.78, 5) is 0. The molecule has 1 N–H and O–H groups in total. The molecule has 2 nitrogen and oxygen atoms in total. The summed E-state index contributed by atoms with van der Waals surface area (Å²) in [5.41, 5.74) is 1.16. The summed E-state index contributed by atoms with van der Waals surface area (Å²) < 4.78 is 0. The Morgan fingerprint density at radius 2 is 2.13 bits per heavy atom. The van der Waals surface area contributed by atoms with Crippen LogP contribution in [0.2, 0.25) is 5.02 Å². The Morgan fingerprint density at radius 3 is 2.60 bits per heavy atom. The van der Waals surface area contributed by atoms with E-state index in [2.05, 4.69) is 6.07 Å². The molecule has 0 saturated heterocycles. The Bertz CT molecular complexity index is 444. The van der Waals surface area contributed by atoms with Gasteiger partial charge in [0.25, 0.3) is 0 Å². The summed E-state index contributed by atoms with van der Waals surface area (Å²) >= 11 is 6.18. The molecule has 0 bridgehead atoms. The highest BCUT2D eigenvalue weighted by Gasteiger charge is 2.41. The number of phenolic OH excluding ortho intramolecular Hbond substituents is 1. The monoisotopic (exact) mass is 221 g/mol. The molecule has 1 aliphatic rings. The Morgan fingerprint density at radius 1 is 1.47 bits per heavy atom. The van der Waals surface area contributed by atoms with Crippen molar-refractivity contribution in [3.05, 3.63) is 28.3 Å². The SMILES string of the molecule is Cc1cc(O)cc(C2(C#N)CCC2)c1Cl. The zero-order valence-electron chi connectivity index (χ0n) is 8.55. The Balaban J connectivity index is 2.57. The first-order chi connectivity index (χ1) is 7.09. The number of nitriles is 1. The Labute approximate surface area is 94.1 Å². The molecule has 3 heteroatoms. The second-order valence-corrected chi connectivity index (χ2v) is 4.55. The lowest BCUT2D eigenvalue weighted by atomic mass is 9.65. The first-order valence-electron chi connectivity index (χ1n) is 5.00. The van der Waals surface area contributed by atoms with E-state index in [0.717, 1.165) is 30.4 Å². The van der Waals surface area contributed by atoms with E-state index in [9.17, 15) is 10.4 Å². The maximum absolute atomic E-state index is 9.53. The van der Waals surface area contributed by atoms with E-state index in [1.807, 2.05) is 6.92 Å². The minimum Gasteiger partial charge on any atom is -0.508 e. The molecule has 0 spiro atoms. The highest BCUT2D eigenvalue weighted by Crippen LogP contribution is 2.47. The minimum absolute atomic E-state index is 0.188.